The molecule has 1 aromatic rings. The van der Waals surface area contributed by atoms with E-state index in [1.54, 1.807) is 0 Å². The molecule has 0 spiro atoms. The van der Waals surface area contributed by atoms with Crippen molar-refractivity contribution in [3.63, 3.8) is 0 Å². The van der Waals surface area contributed by atoms with E-state index in [4.69, 9.17) is 9.84 Å². The number of Topliss-reactive ketones (excluding diaryl/α,β-unsaturated/α-hetero) is 1. The van der Waals surface area contributed by atoms with Crippen LogP contribution in [0.5, 0.6) is 5.88 Å². The largest absolute Gasteiger partial charge is 0.481 e. The first-order valence-electron chi connectivity index (χ1n) is 4.38. The monoisotopic (exact) mass is 209 g/mol. The molecule has 5 nitrogen and oxygen atoms in total. The van der Waals surface area contributed by atoms with Crippen LogP contribution in [0.1, 0.15) is 23.2 Å². The smallest absolute Gasteiger partial charge is 0.303 e. The maximum absolute atomic E-state index is 11.5. The Morgan fingerprint density at radius 1 is 1.47 bits per heavy atom. The SMILES string of the molecule is COc1cc(C(=O)CCC(=O)O)ccn1. The van der Waals surface area contributed by atoms with Gasteiger partial charge in [-0.3, -0.25) is 9.59 Å². The summed E-state index contributed by atoms with van der Waals surface area (Å²) in [7, 11) is 1.45. The predicted octanol–water partition coefficient (Wildman–Crippen LogP) is 1.14. The van der Waals surface area contributed by atoms with Crippen molar-refractivity contribution in [3.8, 4) is 5.88 Å². The van der Waals surface area contributed by atoms with E-state index >= 15 is 0 Å². The molecule has 0 radical (unpaired) electrons. The van der Waals surface area contributed by atoms with Gasteiger partial charge >= 0.3 is 5.97 Å². The molecular weight excluding hydrogens is 198 g/mol. The van der Waals surface area contributed by atoms with E-state index in [1.165, 1.54) is 25.4 Å². The summed E-state index contributed by atoms with van der Waals surface area (Å²) in [6.07, 6.45) is 1.28. The van der Waals surface area contributed by atoms with E-state index in [0.29, 0.717) is 11.4 Å². The minimum atomic E-state index is -0.982. The van der Waals surface area contributed by atoms with Crippen LogP contribution in [0.25, 0.3) is 0 Å². The zero-order valence-corrected chi connectivity index (χ0v) is 8.27. The van der Waals surface area contributed by atoms with Crippen molar-refractivity contribution in [2.75, 3.05) is 7.11 Å². The molecule has 15 heavy (non-hydrogen) atoms. The summed E-state index contributed by atoms with van der Waals surface area (Å²) in [6.45, 7) is 0. The number of carbonyl (C=O) groups is 2. The van der Waals surface area contributed by atoms with Crippen molar-refractivity contribution in [3.05, 3.63) is 23.9 Å². The molecule has 0 saturated carbocycles. The Balaban J connectivity index is 2.69. The highest BCUT2D eigenvalue weighted by Gasteiger charge is 2.09. The Morgan fingerprint density at radius 3 is 2.80 bits per heavy atom. The molecule has 0 bridgehead atoms. The number of ketones is 1. The van der Waals surface area contributed by atoms with Gasteiger partial charge < -0.3 is 9.84 Å². The lowest BCUT2D eigenvalue weighted by Gasteiger charge is -2.01. The highest BCUT2D eigenvalue weighted by molar-refractivity contribution is 5.97. The van der Waals surface area contributed by atoms with E-state index < -0.39 is 5.97 Å². The maximum atomic E-state index is 11.5. The second kappa shape index (κ2) is 5.09. The van der Waals surface area contributed by atoms with Crippen LogP contribution >= 0.6 is 0 Å². The standard InChI is InChI=1S/C10H11NO4/c1-15-9-6-7(4-5-11-9)8(12)2-3-10(13)14/h4-6H,2-3H2,1H3,(H,13,14). The Bertz CT molecular complexity index is 375. The number of hydrogen-bond acceptors (Lipinski definition) is 4. The zero-order chi connectivity index (χ0) is 11.3. The number of ether oxygens (including phenoxy) is 1. The van der Waals surface area contributed by atoms with Gasteiger partial charge in [0.05, 0.1) is 13.5 Å². The van der Waals surface area contributed by atoms with Crippen LogP contribution in [-0.2, 0) is 4.79 Å². The van der Waals surface area contributed by atoms with E-state index in [2.05, 4.69) is 4.98 Å². The number of aliphatic carboxylic acids is 1. The quantitative estimate of drug-likeness (QED) is 0.736. The highest BCUT2D eigenvalue weighted by Crippen LogP contribution is 2.11. The molecule has 0 aliphatic rings. The molecule has 1 aromatic heterocycles. The molecule has 0 atom stereocenters. The molecule has 0 aromatic carbocycles. The molecule has 0 saturated heterocycles. The third-order valence-electron chi connectivity index (χ3n) is 1.83. The third kappa shape index (κ3) is 3.38. The zero-order valence-electron chi connectivity index (χ0n) is 8.27. The number of carbonyl (C=O) groups excluding carboxylic acids is 1. The second-order valence-corrected chi connectivity index (χ2v) is 2.90. The Morgan fingerprint density at radius 2 is 2.20 bits per heavy atom. The van der Waals surface area contributed by atoms with Crippen LogP contribution < -0.4 is 4.74 Å². The average Bonchev–Trinajstić information content (AvgIpc) is 2.26. The van der Waals surface area contributed by atoms with Crippen LogP contribution in [0.3, 0.4) is 0 Å². The normalized spacial score (nSPS) is 9.67. The van der Waals surface area contributed by atoms with Crippen molar-refractivity contribution in [2.45, 2.75) is 12.8 Å². The number of aromatic nitrogens is 1. The number of nitrogens with zero attached hydrogens (tertiary/aromatic N) is 1. The topological polar surface area (TPSA) is 76.5 Å². The first kappa shape index (κ1) is 11.2. The number of carboxylic acid groups (broad SMARTS) is 1. The molecule has 1 heterocycles. The Kier molecular flexibility index (Phi) is 3.79. The van der Waals surface area contributed by atoms with Gasteiger partial charge in [-0.05, 0) is 6.07 Å². The van der Waals surface area contributed by atoms with Gasteiger partial charge in [-0.25, -0.2) is 4.98 Å². The lowest BCUT2D eigenvalue weighted by Crippen LogP contribution is -2.04. The van der Waals surface area contributed by atoms with Crippen LogP contribution in [0.4, 0.5) is 0 Å². The first-order valence-corrected chi connectivity index (χ1v) is 4.38. The number of hydrogen-bond donors (Lipinski definition) is 1. The molecule has 5 heteroatoms. The van der Waals surface area contributed by atoms with Crippen LogP contribution in [-0.4, -0.2) is 29.0 Å². The summed E-state index contributed by atoms with van der Waals surface area (Å²) in [5, 5.41) is 8.42. The first-order chi connectivity index (χ1) is 7.13. The van der Waals surface area contributed by atoms with Crippen molar-refractivity contribution in [2.24, 2.45) is 0 Å². The predicted molar refractivity (Wildman–Crippen MR) is 52.0 cm³/mol. The Labute approximate surface area is 86.7 Å². The van der Waals surface area contributed by atoms with Gasteiger partial charge in [-0.15, -0.1) is 0 Å². The molecule has 0 unspecified atom stereocenters. The molecule has 80 valence electrons. The summed E-state index contributed by atoms with van der Waals surface area (Å²) in [5.74, 6) is -0.862. The second-order valence-electron chi connectivity index (χ2n) is 2.90. The minimum absolute atomic E-state index is 0.0114. The van der Waals surface area contributed by atoms with E-state index in [1.807, 2.05) is 0 Å². The number of pyridine rings is 1. The van der Waals surface area contributed by atoms with E-state index in [9.17, 15) is 9.59 Å². The summed E-state index contributed by atoms with van der Waals surface area (Å²) in [5.41, 5.74) is 0.420. The number of rotatable bonds is 5. The van der Waals surface area contributed by atoms with Crippen LogP contribution in [0.2, 0.25) is 0 Å². The van der Waals surface area contributed by atoms with Crippen molar-refractivity contribution in [1.82, 2.24) is 4.98 Å². The minimum Gasteiger partial charge on any atom is -0.481 e. The van der Waals surface area contributed by atoms with Gasteiger partial charge in [0.15, 0.2) is 5.78 Å². The molecule has 0 amide bonds. The molecular formula is C10H11NO4. The fraction of sp³-hybridized carbons (Fsp3) is 0.300. The van der Waals surface area contributed by atoms with Gasteiger partial charge in [0.1, 0.15) is 0 Å². The molecule has 0 fully saturated rings. The lowest BCUT2D eigenvalue weighted by atomic mass is 10.1. The molecule has 0 aliphatic heterocycles. The van der Waals surface area contributed by atoms with Gasteiger partial charge in [-0.2, -0.15) is 0 Å². The summed E-state index contributed by atoms with van der Waals surface area (Å²) < 4.78 is 4.85. The van der Waals surface area contributed by atoms with E-state index in [-0.39, 0.29) is 18.6 Å². The van der Waals surface area contributed by atoms with Crippen LogP contribution in [0.15, 0.2) is 18.3 Å². The van der Waals surface area contributed by atoms with Crippen molar-refractivity contribution >= 4 is 11.8 Å². The fourth-order valence-electron chi connectivity index (χ4n) is 1.06. The maximum Gasteiger partial charge on any atom is 0.303 e. The van der Waals surface area contributed by atoms with E-state index in [0.717, 1.165) is 0 Å². The molecule has 0 aliphatic carbocycles. The van der Waals surface area contributed by atoms with Gasteiger partial charge in [0.2, 0.25) is 5.88 Å². The highest BCUT2D eigenvalue weighted by atomic mass is 16.5. The van der Waals surface area contributed by atoms with Crippen molar-refractivity contribution < 1.29 is 19.4 Å². The average molecular weight is 209 g/mol. The Hall–Kier alpha value is -1.91. The molecule has 1 N–H and O–H groups in total. The summed E-state index contributed by atoms with van der Waals surface area (Å²) in [4.78, 5) is 25.6. The number of carboxylic acids is 1. The van der Waals surface area contributed by atoms with Gasteiger partial charge in [0, 0.05) is 24.2 Å². The third-order valence-corrected chi connectivity index (χ3v) is 1.83. The fourth-order valence-corrected chi connectivity index (χ4v) is 1.06. The molecule has 1 rings (SSSR count). The van der Waals surface area contributed by atoms with Gasteiger partial charge in [0.25, 0.3) is 0 Å². The number of methoxy groups -OCH3 is 1. The van der Waals surface area contributed by atoms with Crippen molar-refractivity contribution in [1.29, 1.82) is 0 Å². The van der Waals surface area contributed by atoms with Gasteiger partial charge in [-0.1, -0.05) is 0 Å². The lowest BCUT2D eigenvalue weighted by molar-refractivity contribution is -0.136. The summed E-state index contributed by atoms with van der Waals surface area (Å²) in [6, 6.07) is 3.02. The van der Waals surface area contributed by atoms with Crippen LogP contribution in [0, 0.1) is 0 Å². The summed E-state index contributed by atoms with van der Waals surface area (Å²) >= 11 is 0.